The van der Waals surface area contributed by atoms with Gasteiger partial charge in [0.25, 0.3) is 0 Å². The highest BCUT2D eigenvalue weighted by molar-refractivity contribution is 6.30. The van der Waals surface area contributed by atoms with Crippen LogP contribution in [0.25, 0.3) is 0 Å². The Hall–Kier alpha value is -1.58. The van der Waals surface area contributed by atoms with Gasteiger partial charge in [-0.05, 0) is 30.7 Å². The Kier molecular flexibility index (Phi) is 4.40. The second kappa shape index (κ2) is 6.04. The summed E-state index contributed by atoms with van der Waals surface area (Å²) in [6.07, 6.45) is 0. The predicted molar refractivity (Wildman–Crippen MR) is 75.8 cm³/mol. The lowest BCUT2D eigenvalue weighted by molar-refractivity contribution is 0.282. The average molecular weight is 280 g/mol. The summed E-state index contributed by atoms with van der Waals surface area (Å²) < 4.78 is 13.1. The zero-order valence-electron chi connectivity index (χ0n) is 10.5. The number of aliphatic hydroxyl groups is 1. The number of anilines is 1. The van der Waals surface area contributed by atoms with Gasteiger partial charge in [0, 0.05) is 17.3 Å². The summed E-state index contributed by atoms with van der Waals surface area (Å²) >= 11 is 5.78. The Balaban J connectivity index is 2.20. The lowest BCUT2D eigenvalue weighted by atomic mass is 10.1. The lowest BCUT2D eigenvalue weighted by Crippen LogP contribution is -2.08. The van der Waals surface area contributed by atoms with E-state index < -0.39 is 5.82 Å². The second-order valence-electron chi connectivity index (χ2n) is 4.35. The Morgan fingerprint density at radius 2 is 2.00 bits per heavy atom. The Morgan fingerprint density at radius 1 is 1.26 bits per heavy atom. The minimum Gasteiger partial charge on any atom is -0.392 e. The molecule has 0 fully saturated rings. The molecule has 2 nitrogen and oxygen atoms in total. The van der Waals surface area contributed by atoms with Crippen LogP contribution in [0, 0.1) is 5.82 Å². The molecule has 0 aliphatic heterocycles. The third-order valence-electron chi connectivity index (χ3n) is 3.00. The SMILES string of the molecule is CC(Nc1ccccc1CO)c1ccc(F)c(Cl)c1. The van der Waals surface area contributed by atoms with E-state index in [1.807, 2.05) is 31.2 Å². The molecule has 0 aliphatic rings. The normalized spacial score (nSPS) is 12.2. The largest absolute Gasteiger partial charge is 0.392 e. The molecule has 2 N–H and O–H groups in total. The van der Waals surface area contributed by atoms with Crippen molar-refractivity contribution >= 4 is 17.3 Å². The van der Waals surface area contributed by atoms with Crippen molar-refractivity contribution in [1.82, 2.24) is 0 Å². The third kappa shape index (κ3) is 3.25. The molecule has 0 aromatic heterocycles. The van der Waals surface area contributed by atoms with Gasteiger partial charge in [0.1, 0.15) is 5.82 Å². The summed E-state index contributed by atoms with van der Waals surface area (Å²) in [5, 5.41) is 12.7. The number of rotatable bonds is 4. The first kappa shape index (κ1) is 13.8. The molecular weight excluding hydrogens is 265 g/mol. The number of aliphatic hydroxyl groups excluding tert-OH is 1. The molecule has 0 saturated heterocycles. The van der Waals surface area contributed by atoms with E-state index in [1.165, 1.54) is 6.07 Å². The highest BCUT2D eigenvalue weighted by atomic mass is 35.5. The van der Waals surface area contributed by atoms with Crippen molar-refractivity contribution in [1.29, 1.82) is 0 Å². The molecule has 1 unspecified atom stereocenters. The first-order valence-electron chi connectivity index (χ1n) is 6.02. The number of hydrogen-bond acceptors (Lipinski definition) is 2. The molecular formula is C15H15ClFNO. The van der Waals surface area contributed by atoms with Crippen molar-refractivity contribution in [2.45, 2.75) is 19.6 Å². The van der Waals surface area contributed by atoms with E-state index in [-0.39, 0.29) is 17.7 Å². The van der Waals surface area contributed by atoms with Crippen molar-refractivity contribution in [3.8, 4) is 0 Å². The van der Waals surface area contributed by atoms with Crippen molar-refractivity contribution in [3.05, 3.63) is 64.4 Å². The molecule has 2 aromatic rings. The number of benzene rings is 2. The van der Waals surface area contributed by atoms with E-state index in [9.17, 15) is 9.50 Å². The molecule has 0 radical (unpaired) electrons. The summed E-state index contributed by atoms with van der Waals surface area (Å²) in [7, 11) is 0. The predicted octanol–water partition coefficient (Wildman–Crippen LogP) is 4.14. The van der Waals surface area contributed by atoms with Gasteiger partial charge in [0.2, 0.25) is 0 Å². The van der Waals surface area contributed by atoms with Crippen LogP contribution in [0.1, 0.15) is 24.1 Å². The molecule has 0 amide bonds. The molecule has 0 saturated carbocycles. The second-order valence-corrected chi connectivity index (χ2v) is 4.76. The van der Waals surface area contributed by atoms with Crippen LogP contribution in [0.15, 0.2) is 42.5 Å². The van der Waals surface area contributed by atoms with Crippen molar-refractivity contribution < 1.29 is 9.50 Å². The maximum atomic E-state index is 13.1. The lowest BCUT2D eigenvalue weighted by Gasteiger charge is -2.18. The van der Waals surface area contributed by atoms with Gasteiger partial charge in [-0.3, -0.25) is 0 Å². The van der Waals surface area contributed by atoms with Crippen LogP contribution in [0.4, 0.5) is 10.1 Å². The molecule has 0 heterocycles. The Labute approximate surface area is 116 Å². The van der Waals surface area contributed by atoms with Gasteiger partial charge in [-0.15, -0.1) is 0 Å². The van der Waals surface area contributed by atoms with Crippen LogP contribution in [-0.4, -0.2) is 5.11 Å². The first-order chi connectivity index (χ1) is 9.11. The zero-order valence-corrected chi connectivity index (χ0v) is 11.3. The van der Waals surface area contributed by atoms with Gasteiger partial charge in [0.15, 0.2) is 0 Å². The first-order valence-corrected chi connectivity index (χ1v) is 6.40. The summed E-state index contributed by atoms with van der Waals surface area (Å²) in [5.41, 5.74) is 2.57. The van der Waals surface area contributed by atoms with Crippen LogP contribution in [0.3, 0.4) is 0 Å². The maximum Gasteiger partial charge on any atom is 0.141 e. The standard InChI is InChI=1S/C15H15ClFNO/c1-10(11-6-7-14(17)13(16)8-11)18-15-5-3-2-4-12(15)9-19/h2-8,10,18-19H,9H2,1H3. The molecule has 0 spiro atoms. The minimum atomic E-state index is -0.423. The van der Waals surface area contributed by atoms with Crippen molar-refractivity contribution in [2.24, 2.45) is 0 Å². The van der Waals surface area contributed by atoms with Gasteiger partial charge in [0.05, 0.1) is 11.6 Å². The van der Waals surface area contributed by atoms with Gasteiger partial charge in [-0.25, -0.2) is 4.39 Å². The zero-order chi connectivity index (χ0) is 13.8. The van der Waals surface area contributed by atoms with Crippen molar-refractivity contribution in [2.75, 3.05) is 5.32 Å². The van der Waals surface area contributed by atoms with Crippen LogP contribution in [0.2, 0.25) is 5.02 Å². The molecule has 1 atom stereocenters. The number of para-hydroxylation sites is 1. The van der Waals surface area contributed by atoms with Crippen LogP contribution >= 0.6 is 11.6 Å². The van der Waals surface area contributed by atoms with E-state index in [0.717, 1.165) is 16.8 Å². The fourth-order valence-electron chi connectivity index (χ4n) is 1.90. The molecule has 100 valence electrons. The Bertz CT molecular complexity index is 574. The molecule has 4 heteroatoms. The van der Waals surface area contributed by atoms with E-state index >= 15 is 0 Å². The fraction of sp³-hybridized carbons (Fsp3) is 0.200. The smallest absolute Gasteiger partial charge is 0.141 e. The van der Waals surface area contributed by atoms with Gasteiger partial charge in [-0.2, -0.15) is 0 Å². The monoisotopic (exact) mass is 279 g/mol. The minimum absolute atomic E-state index is 0.0277. The maximum absolute atomic E-state index is 13.1. The third-order valence-corrected chi connectivity index (χ3v) is 3.29. The highest BCUT2D eigenvalue weighted by Crippen LogP contribution is 2.25. The van der Waals surface area contributed by atoms with Crippen LogP contribution < -0.4 is 5.32 Å². The highest BCUT2D eigenvalue weighted by Gasteiger charge is 2.09. The van der Waals surface area contributed by atoms with Gasteiger partial charge >= 0.3 is 0 Å². The molecule has 2 rings (SSSR count). The quantitative estimate of drug-likeness (QED) is 0.881. The molecule has 2 aromatic carbocycles. The number of nitrogens with one attached hydrogen (secondary N) is 1. The van der Waals surface area contributed by atoms with E-state index in [2.05, 4.69) is 5.32 Å². The van der Waals surface area contributed by atoms with Crippen molar-refractivity contribution in [3.63, 3.8) is 0 Å². The summed E-state index contributed by atoms with van der Waals surface area (Å²) in [4.78, 5) is 0. The van der Waals surface area contributed by atoms with Crippen LogP contribution in [-0.2, 0) is 6.61 Å². The Morgan fingerprint density at radius 3 is 2.68 bits per heavy atom. The van der Waals surface area contributed by atoms with Crippen LogP contribution in [0.5, 0.6) is 0 Å². The molecule has 0 aliphatic carbocycles. The summed E-state index contributed by atoms with van der Waals surface area (Å²) in [6, 6.07) is 12.1. The summed E-state index contributed by atoms with van der Waals surface area (Å²) in [6.45, 7) is 1.93. The molecule has 19 heavy (non-hydrogen) atoms. The van der Waals surface area contributed by atoms with E-state index in [0.29, 0.717) is 0 Å². The fourth-order valence-corrected chi connectivity index (χ4v) is 2.09. The average Bonchev–Trinajstić information content (AvgIpc) is 2.42. The van der Waals surface area contributed by atoms with E-state index in [1.54, 1.807) is 12.1 Å². The topological polar surface area (TPSA) is 32.3 Å². The van der Waals surface area contributed by atoms with Gasteiger partial charge in [-0.1, -0.05) is 35.9 Å². The number of halogens is 2. The number of hydrogen-bond donors (Lipinski definition) is 2. The molecule has 0 bridgehead atoms. The summed E-state index contributed by atoms with van der Waals surface area (Å²) in [5.74, 6) is -0.423. The van der Waals surface area contributed by atoms with E-state index in [4.69, 9.17) is 11.6 Å². The van der Waals surface area contributed by atoms with Gasteiger partial charge < -0.3 is 10.4 Å².